The average Bonchev–Trinajstić information content (AvgIpc) is 2.38. The van der Waals surface area contributed by atoms with Gasteiger partial charge < -0.3 is 4.74 Å². The SMILES string of the molecule is COCCCN(C)S(=O)(=O)c1ccc(Cl)cc1C#N. The number of benzene rings is 1. The number of methoxy groups -OCH3 is 1. The Hall–Kier alpha value is -1.13. The summed E-state index contributed by atoms with van der Waals surface area (Å²) in [6.07, 6.45) is 0.585. The van der Waals surface area contributed by atoms with Crippen molar-refractivity contribution in [2.24, 2.45) is 0 Å². The van der Waals surface area contributed by atoms with Gasteiger partial charge in [-0.15, -0.1) is 0 Å². The van der Waals surface area contributed by atoms with Gasteiger partial charge in [-0.2, -0.15) is 5.26 Å². The Morgan fingerprint density at radius 3 is 2.74 bits per heavy atom. The van der Waals surface area contributed by atoms with E-state index in [0.717, 1.165) is 0 Å². The van der Waals surface area contributed by atoms with Crippen molar-refractivity contribution in [3.05, 3.63) is 28.8 Å². The molecule has 1 aromatic rings. The summed E-state index contributed by atoms with van der Waals surface area (Å²) in [6, 6.07) is 6.00. The molecule has 0 saturated heterocycles. The Morgan fingerprint density at radius 1 is 1.47 bits per heavy atom. The summed E-state index contributed by atoms with van der Waals surface area (Å²) < 4.78 is 30.7. The number of ether oxygens (including phenoxy) is 1. The molecule has 0 aliphatic heterocycles. The Balaban J connectivity index is 3.04. The van der Waals surface area contributed by atoms with Crippen molar-refractivity contribution in [1.82, 2.24) is 4.31 Å². The highest BCUT2D eigenvalue weighted by Gasteiger charge is 2.23. The fourth-order valence-corrected chi connectivity index (χ4v) is 3.03. The van der Waals surface area contributed by atoms with Crippen LogP contribution in [0.25, 0.3) is 0 Å². The average molecular weight is 303 g/mol. The maximum atomic E-state index is 12.3. The molecule has 0 unspecified atom stereocenters. The van der Waals surface area contributed by atoms with Gasteiger partial charge in [0.05, 0.1) is 5.56 Å². The molecule has 5 nitrogen and oxygen atoms in total. The lowest BCUT2D eigenvalue weighted by Gasteiger charge is -2.17. The number of hydrogen-bond acceptors (Lipinski definition) is 4. The second kappa shape index (κ2) is 6.87. The lowest BCUT2D eigenvalue weighted by molar-refractivity contribution is 0.189. The topological polar surface area (TPSA) is 70.4 Å². The fraction of sp³-hybridized carbons (Fsp3) is 0.417. The predicted molar refractivity (Wildman–Crippen MR) is 72.5 cm³/mol. The monoisotopic (exact) mass is 302 g/mol. The highest BCUT2D eigenvalue weighted by atomic mass is 35.5. The number of sulfonamides is 1. The summed E-state index contributed by atoms with van der Waals surface area (Å²) >= 11 is 5.75. The summed E-state index contributed by atoms with van der Waals surface area (Å²) in [6.45, 7) is 0.801. The molecule has 1 aromatic carbocycles. The first-order valence-electron chi connectivity index (χ1n) is 5.58. The van der Waals surface area contributed by atoms with Crippen LogP contribution in [0.1, 0.15) is 12.0 Å². The zero-order valence-electron chi connectivity index (χ0n) is 10.8. The van der Waals surface area contributed by atoms with E-state index in [2.05, 4.69) is 0 Å². The molecule has 104 valence electrons. The van der Waals surface area contributed by atoms with E-state index in [1.807, 2.05) is 6.07 Å². The standard InChI is InChI=1S/C12H15ClN2O3S/c1-15(6-3-7-18-2)19(16,17)12-5-4-11(13)8-10(12)9-14/h4-5,8H,3,6-7H2,1-2H3. The van der Waals surface area contributed by atoms with Gasteiger partial charge in [-0.3, -0.25) is 0 Å². The lowest BCUT2D eigenvalue weighted by Crippen LogP contribution is -2.29. The van der Waals surface area contributed by atoms with Crippen molar-refractivity contribution in [2.45, 2.75) is 11.3 Å². The first kappa shape index (κ1) is 15.9. The minimum atomic E-state index is -3.68. The van der Waals surface area contributed by atoms with Gasteiger partial charge in [0.2, 0.25) is 10.0 Å². The molecule has 0 aliphatic carbocycles. The highest BCUT2D eigenvalue weighted by Crippen LogP contribution is 2.22. The van der Waals surface area contributed by atoms with Gasteiger partial charge in [0, 0.05) is 32.3 Å². The lowest BCUT2D eigenvalue weighted by atomic mass is 10.2. The summed E-state index contributed by atoms with van der Waals surface area (Å²) in [5.74, 6) is 0. The Morgan fingerprint density at radius 2 is 2.16 bits per heavy atom. The number of nitriles is 1. The normalized spacial score (nSPS) is 11.5. The molecule has 0 heterocycles. The van der Waals surface area contributed by atoms with Gasteiger partial charge in [0.15, 0.2) is 0 Å². The van der Waals surface area contributed by atoms with E-state index in [0.29, 0.717) is 24.6 Å². The number of nitrogens with zero attached hydrogens (tertiary/aromatic N) is 2. The molecule has 0 saturated carbocycles. The zero-order chi connectivity index (χ0) is 14.5. The van der Waals surface area contributed by atoms with Gasteiger partial charge in [0.25, 0.3) is 0 Å². The summed E-state index contributed by atoms with van der Waals surface area (Å²) in [4.78, 5) is -0.0284. The van der Waals surface area contributed by atoms with Crippen molar-refractivity contribution < 1.29 is 13.2 Å². The molecule has 0 fully saturated rings. The smallest absolute Gasteiger partial charge is 0.244 e. The minimum absolute atomic E-state index is 0.0284. The van der Waals surface area contributed by atoms with Gasteiger partial charge in [0.1, 0.15) is 11.0 Å². The van der Waals surface area contributed by atoms with Crippen LogP contribution in [0.4, 0.5) is 0 Å². The number of rotatable bonds is 6. The zero-order valence-corrected chi connectivity index (χ0v) is 12.3. The van der Waals surface area contributed by atoms with Crippen LogP contribution in [0.3, 0.4) is 0 Å². The molecule has 0 spiro atoms. The summed E-state index contributed by atoms with van der Waals surface area (Å²) in [7, 11) is -0.652. The molecule has 0 atom stereocenters. The van der Waals surface area contributed by atoms with E-state index in [9.17, 15) is 8.42 Å². The van der Waals surface area contributed by atoms with Crippen LogP contribution in [-0.4, -0.2) is 40.0 Å². The molecule has 0 aliphatic rings. The van der Waals surface area contributed by atoms with E-state index in [4.69, 9.17) is 21.6 Å². The van der Waals surface area contributed by atoms with Gasteiger partial charge in [-0.05, 0) is 24.6 Å². The molecule has 0 aromatic heterocycles. The van der Waals surface area contributed by atoms with E-state index in [1.54, 1.807) is 7.11 Å². The number of halogens is 1. The van der Waals surface area contributed by atoms with Gasteiger partial charge in [-0.25, -0.2) is 12.7 Å². The molecule has 0 amide bonds. The number of hydrogen-bond donors (Lipinski definition) is 0. The van der Waals surface area contributed by atoms with Crippen LogP contribution < -0.4 is 0 Å². The Bertz CT molecular complexity index is 581. The molecule has 19 heavy (non-hydrogen) atoms. The third-order valence-corrected chi connectivity index (χ3v) is 4.72. The summed E-state index contributed by atoms with van der Waals surface area (Å²) in [5.41, 5.74) is 0.0473. The first-order chi connectivity index (χ1) is 8.93. The third-order valence-electron chi connectivity index (χ3n) is 2.57. The molecular weight excluding hydrogens is 288 g/mol. The maximum Gasteiger partial charge on any atom is 0.244 e. The van der Waals surface area contributed by atoms with Crippen LogP contribution in [0, 0.1) is 11.3 Å². The largest absolute Gasteiger partial charge is 0.385 e. The summed E-state index contributed by atoms with van der Waals surface area (Å²) in [5, 5.41) is 9.32. The van der Waals surface area contributed by atoms with Crippen molar-refractivity contribution in [1.29, 1.82) is 5.26 Å². The quantitative estimate of drug-likeness (QED) is 0.752. The molecule has 1 rings (SSSR count). The van der Waals surface area contributed by atoms with Crippen LogP contribution in [0.2, 0.25) is 5.02 Å². The minimum Gasteiger partial charge on any atom is -0.385 e. The highest BCUT2D eigenvalue weighted by molar-refractivity contribution is 7.89. The Kier molecular flexibility index (Phi) is 5.76. The molecular formula is C12H15ClN2O3S. The Labute approximate surface area is 118 Å². The molecule has 0 radical (unpaired) electrons. The second-order valence-corrected chi connectivity index (χ2v) is 6.37. The van der Waals surface area contributed by atoms with E-state index in [-0.39, 0.29) is 10.5 Å². The van der Waals surface area contributed by atoms with E-state index in [1.165, 1.54) is 29.6 Å². The fourth-order valence-electron chi connectivity index (χ4n) is 1.53. The van der Waals surface area contributed by atoms with E-state index >= 15 is 0 Å². The maximum absolute atomic E-state index is 12.3. The first-order valence-corrected chi connectivity index (χ1v) is 7.40. The van der Waals surface area contributed by atoms with Crippen molar-refractivity contribution >= 4 is 21.6 Å². The van der Waals surface area contributed by atoms with Gasteiger partial charge >= 0.3 is 0 Å². The predicted octanol–water partition coefficient (Wildman–Crippen LogP) is 1.87. The molecule has 0 bridgehead atoms. The van der Waals surface area contributed by atoms with Crippen LogP contribution in [0.15, 0.2) is 23.1 Å². The molecule has 7 heteroatoms. The second-order valence-electron chi connectivity index (χ2n) is 3.93. The third kappa shape index (κ3) is 3.91. The van der Waals surface area contributed by atoms with Crippen LogP contribution in [-0.2, 0) is 14.8 Å². The van der Waals surface area contributed by atoms with Crippen molar-refractivity contribution in [3.63, 3.8) is 0 Å². The molecule has 0 N–H and O–H groups in total. The van der Waals surface area contributed by atoms with Gasteiger partial charge in [-0.1, -0.05) is 11.6 Å². The van der Waals surface area contributed by atoms with E-state index < -0.39 is 10.0 Å². The van der Waals surface area contributed by atoms with Crippen LogP contribution >= 0.6 is 11.6 Å². The van der Waals surface area contributed by atoms with Crippen molar-refractivity contribution in [3.8, 4) is 6.07 Å². The van der Waals surface area contributed by atoms with Crippen LogP contribution in [0.5, 0.6) is 0 Å². The van der Waals surface area contributed by atoms with Crippen molar-refractivity contribution in [2.75, 3.05) is 27.3 Å².